The number of aromatic carboxylic acids is 1. The minimum atomic E-state index is -0.890. The standard InChI is InChI=1S/C15H16O3/c1-8(2)11-4-3-9-7-18-13-6-10(15(16)17)5-12(11)14(9)13/h5-8,11H,3-4H2,1-2H3,(H,16,17)/t11-/m1/s1. The summed E-state index contributed by atoms with van der Waals surface area (Å²) in [5.74, 6) is 0.0522. The molecule has 1 N–H and O–H groups in total. The zero-order chi connectivity index (χ0) is 12.9. The molecule has 3 heteroatoms. The van der Waals surface area contributed by atoms with Crippen molar-refractivity contribution in [2.75, 3.05) is 0 Å². The molecule has 0 bridgehead atoms. The van der Waals surface area contributed by atoms with Gasteiger partial charge in [0.25, 0.3) is 0 Å². The first-order valence-corrected chi connectivity index (χ1v) is 6.35. The van der Waals surface area contributed by atoms with Gasteiger partial charge in [-0.3, -0.25) is 0 Å². The van der Waals surface area contributed by atoms with Crippen LogP contribution in [0.4, 0.5) is 0 Å². The van der Waals surface area contributed by atoms with Crippen molar-refractivity contribution in [2.45, 2.75) is 32.6 Å². The van der Waals surface area contributed by atoms with E-state index in [-0.39, 0.29) is 0 Å². The molecule has 0 saturated heterocycles. The summed E-state index contributed by atoms with van der Waals surface area (Å²) >= 11 is 0. The summed E-state index contributed by atoms with van der Waals surface area (Å²) in [5.41, 5.74) is 3.40. The molecule has 1 atom stereocenters. The summed E-state index contributed by atoms with van der Waals surface area (Å²) < 4.78 is 5.52. The van der Waals surface area contributed by atoms with Crippen LogP contribution in [0.5, 0.6) is 0 Å². The molecule has 18 heavy (non-hydrogen) atoms. The lowest BCUT2D eigenvalue weighted by Crippen LogP contribution is -2.13. The van der Waals surface area contributed by atoms with E-state index in [2.05, 4.69) is 13.8 Å². The molecule has 1 aromatic heterocycles. The smallest absolute Gasteiger partial charge is 0.335 e. The largest absolute Gasteiger partial charge is 0.478 e. The number of hydrogen-bond acceptors (Lipinski definition) is 2. The Kier molecular flexibility index (Phi) is 2.44. The SMILES string of the molecule is CC(C)[C@H]1CCc2coc3cc(C(=O)O)cc1c23. The van der Waals surface area contributed by atoms with Crippen LogP contribution in [0.15, 0.2) is 22.8 Å². The van der Waals surface area contributed by atoms with Crippen molar-refractivity contribution in [3.63, 3.8) is 0 Å². The van der Waals surface area contributed by atoms with Gasteiger partial charge in [-0.1, -0.05) is 13.8 Å². The van der Waals surface area contributed by atoms with Gasteiger partial charge < -0.3 is 9.52 Å². The Morgan fingerprint density at radius 3 is 2.89 bits per heavy atom. The molecule has 0 unspecified atom stereocenters. The first kappa shape index (κ1) is 11.3. The highest BCUT2D eigenvalue weighted by Gasteiger charge is 2.27. The topological polar surface area (TPSA) is 50.4 Å². The highest BCUT2D eigenvalue weighted by Crippen LogP contribution is 2.41. The predicted octanol–water partition coefficient (Wildman–Crippen LogP) is 3.82. The summed E-state index contributed by atoms with van der Waals surface area (Å²) in [4.78, 5) is 11.2. The lowest BCUT2D eigenvalue weighted by Gasteiger charge is -2.26. The molecule has 0 amide bonds. The number of hydrogen-bond donors (Lipinski definition) is 1. The lowest BCUT2D eigenvalue weighted by atomic mass is 9.77. The van der Waals surface area contributed by atoms with E-state index in [9.17, 15) is 9.90 Å². The normalized spacial score (nSPS) is 18.5. The molecule has 0 fully saturated rings. The number of rotatable bonds is 2. The number of carboxylic acid groups (broad SMARTS) is 1. The molecule has 3 nitrogen and oxygen atoms in total. The number of carboxylic acids is 1. The van der Waals surface area contributed by atoms with Gasteiger partial charge in [0.05, 0.1) is 11.8 Å². The van der Waals surface area contributed by atoms with Crippen LogP contribution >= 0.6 is 0 Å². The van der Waals surface area contributed by atoms with Crippen molar-refractivity contribution in [3.8, 4) is 0 Å². The van der Waals surface area contributed by atoms with Crippen LogP contribution in [0, 0.1) is 5.92 Å². The van der Waals surface area contributed by atoms with E-state index >= 15 is 0 Å². The van der Waals surface area contributed by atoms with Gasteiger partial charge in [0, 0.05) is 5.39 Å². The van der Waals surface area contributed by atoms with Crippen molar-refractivity contribution >= 4 is 16.9 Å². The van der Waals surface area contributed by atoms with E-state index in [0.29, 0.717) is 23.0 Å². The summed E-state index contributed by atoms with van der Waals surface area (Å²) in [6.45, 7) is 4.38. The van der Waals surface area contributed by atoms with Gasteiger partial charge in [-0.05, 0) is 47.9 Å². The zero-order valence-corrected chi connectivity index (χ0v) is 10.6. The van der Waals surface area contributed by atoms with Crippen molar-refractivity contribution in [2.24, 2.45) is 5.92 Å². The highest BCUT2D eigenvalue weighted by molar-refractivity contribution is 5.96. The van der Waals surface area contributed by atoms with Crippen LogP contribution in [0.1, 0.15) is 47.7 Å². The number of furan rings is 1. The molecule has 2 aromatic rings. The third-order valence-electron chi connectivity index (χ3n) is 3.96. The molecular formula is C15H16O3. The number of aryl methyl sites for hydroxylation is 1. The second-order valence-electron chi connectivity index (χ2n) is 5.39. The van der Waals surface area contributed by atoms with Crippen LogP contribution < -0.4 is 0 Å². The van der Waals surface area contributed by atoms with E-state index in [1.54, 1.807) is 12.3 Å². The average molecular weight is 244 g/mol. The minimum absolute atomic E-state index is 0.325. The van der Waals surface area contributed by atoms with Gasteiger partial charge in [-0.2, -0.15) is 0 Å². The zero-order valence-electron chi connectivity index (χ0n) is 10.6. The predicted molar refractivity (Wildman–Crippen MR) is 69.1 cm³/mol. The molecule has 1 aliphatic rings. The third kappa shape index (κ3) is 1.54. The van der Waals surface area contributed by atoms with E-state index < -0.39 is 5.97 Å². The summed E-state index contributed by atoms with van der Waals surface area (Å²) in [6.07, 6.45) is 3.87. The Morgan fingerprint density at radius 1 is 1.44 bits per heavy atom. The molecule has 1 aliphatic carbocycles. The fraction of sp³-hybridized carbons (Fsp3) is 0.400. The van der Waals surface area contributed by atoms with Gasteiger partial charge >= 0.3 is 5.97 Å². The van der Waals surface area contributed by atoms with E-state index in [4.69, 9.17) is 4.42 Å². The van der Waals surface area contributed by atoms with Gasteiger partial charge in [-0.15, -0.1) is 0 Å². The molecule has 0 aliphatic heterocycles. The van der Waals surface area contributed by atoms with Crippen molar-refractivity contribution in [3.05, 3.63) is 35.1 Å². The quantitative estimate of drug-likeness (QED) is 0.873. The lowest BCUT2D eigenvalue weighted by molar-refractivity contribution is 0.0696. The molecule has 0 saturated carbocycles. The van der Waals surface area contributed by atoms with Crippen LogP contribution in [-0.4, -0.2) is 11.1 Å². The van der Waals surface area contributed by atoms with Crippen molar-refractivity contribution < 1.29 is 14.3 Å². The fourth-order valence-corrected chi connectivity index (χ4v) is 3.03. The first-order chi connectivity index (χ1) is 8.58. The van der Waals surface area contributed by atoms with Crippen LogP contribution in [0.3, 0.4) is 0 Å². The number of carbonyl (C=O) groups is 1. The maximum absolute atomic E-state index is 11.2. The molecular weight excluding hydrogens is 228 g/mol. The molecule has 3 rings (SSSR count). The van der Waals surface area contributed by atoms with E-state index in [1.807, 2.05) is 6.07 Å². The maximum atomic E-state index is 11.2. The van der Waals surface area contributed by atoms with Gasteiger partial charge in [-0.25, -0.2) is 4.79 Å². The maximum Gasteiger partial charge on any atom is 0.335 e. The summed E-state index contributed by atoms with van der Waals surface area (Å²) in [5, 5.41) is 10.3. The van der Waals surface area contributed by atoms with Crippen LogP contribution in [0.2, 0.25) is 0 Å². The average Bonchev–Trinajstić information content (AvgIpc) is 2.74. The second kappa shape index (κ2) is 3.87. The third-order valence-corrected chi connectivity index (χ3v) is 3.96. The Balaban J connectivity index is 2.30. The Morgan fingerprint density at radius 2 is 2.22 bits per heavy atom. The Labute approximate surface area is 105 Å². The monoisotopic (exact) mass is 244 g/mol. The van der Waals surface area contributed by atoms with Crippen molar-refractivity contribution in [1.82, 2.24) is 0 Å². The highest BCUT2D eigenvalue weighted by atomic mass is 16.4. The van der Waals surface area contributed by atoms with E-state index in [0.717, 1.165) is 23.8 Å². The molecule has 1 aromatic carbocycles. The summed E-state index contributed by atoms with van der Waals surface area (Å²) in [7, 11) is 0. The fourth-order valence-electron chi connectivity index (χ4n) is 3.03. The first-order valence-electron chi connectivity index (χ1n) is 6.35. The molecule has 0 spiro atoms. The van der Waals surface area contributed by atoms with Gasteiger partial charge in [0.2, 0.25) is 0 Å². The Bertz CT molecular complexity index is 622. The van der Waals surface area contributed by atoms with Crippen LogP contribution in [-0.2, 0) is 6.42 Å². The summed E-state index contributed by atoms with van der Waals surface area (Å²) in [6, 6.07) is 3.46. The molecule has 1 heterocycles. The van der Waals surface area contributed by atoms with Gasteiger partial charge in [0.1, 0.15) is 5.58 Å². The van der Waals surface area contributed by atoms with Crippen LogP contribution in [0.25, 0.3) is 11.0 Å². The minimum Gasteiger partial charge on any atom is -0.478 e. The second-order valence-corrected chi connectivity index (χ2v) is 5.39. The Hall–Kier alpha value is -1.77. The van der Waals surface area contributed by atoms with E-state index in [1.165, 1.54) is 5.56 Å². The van der Waals surface area contributed by atoms with Crippen molar-refractivity contribution in [1.29, 1.82) is 0 Å². The molecule has 94 valence electrons. The van der Waals surface area contributed by atoms with Gasteiger partial charge in [0.15, 0.2) is 0 Å². The number of benzene rings is 1. The molecule has 0 radical (unpaired) electrons.